The fourth-order valence-electron chi connectivity index (χ4n) is 4.36. The number of hydrazone groups is 1. The Hall–Kier alpha value is -3.92. The van der Waals surface area contributed by atoms with Crippen molar-refractivity contribution in [3.05, 3.63) is 65.2 Å². The van der Waals surface area contributed by atoms with E-state index in [1.54, 1.807) is 50.2 Å². The van der Waals surface area contributed by atoms with Gasteiger partial charge in [-0.05, 0) is 55.2 Å². The first-order valence-electron chi connectivity index (χ1n) is 12.7. The summed E-state index contributed by atoms with van der Waals surface area (Å²) in [4.78, 5) is 42.0. The van der Waals surface area contributed by atoms with Crippen molar-refractivity contribution in [1.82, 2.24) is 9.80 Å². The third kappa shape index (κ3) is 7.79. The van der Waals surface area contributed by atoms with Gasteiger partial charge in [0.05, 0.1) is 26.0 Å². The molecule has 3 rings (SSSR count). The normalized spacial score (nSPS) is 14.8. The average molecular weight is 525 g/mol. The second-order valence-corrected chi connectivity index (χ2v) is 9.02. The molecule has 2 aromatic carbocycles. The highest BCUT2D eigenvalue weighted by atomic mass is 16.6. The minimum absolute atomic E-state index is 0.0975. The van der Waals surface area contributed by atoms with Crippen molar-refractivity contribution in [3.8, 4) is 5.75 Å². The van der Waals surface area contributed by atoms with Crippen LogP contribution in [0, 0.1) is 0 Å². The van der Waals surface area contributed by atoms with Gasteiger partial charge in [-0.1, -0.05) is 24.3 Å². The van der Waals surface area contributed by atoms with E-state index in [0.29, 0.717) is 50.3 Å². The van der Waals surface area contributed by atoms with Crippen molar-refractivity contribution in [1.29, 1.82) is 0 Å². The smallest absolute Gasteiger partial charge is 0.332 e. The number of benzene rings is 2. The molecule has 0 aliphatic carbocycles. The van der Waals surface area contributed by atoms with E-state index in [1.165, 1.54) is 11.1 Å². The highest BCUT2D eigenvalue weighted by Gasteiger charge is 2.33. The molecule has 2 aromatic rings. The lowest BCUT2D eigenvalue weighted by molar-refractivity contribution is -0.152. The Bertz CT molecular complexity index is 1100. The number of carbonyl (C=O) groups is 3. The zero-order valence-corrected chi connectivity index (χ0v) is 22.2. The molecule has 2 N–H and O–H groups in total. The maximum atomic E-state index is 13.8. The first kappa shape index (κ1) is 28.6. The average Bonchev–Trinajstić information content (AvgIpc) is 2.95. The predicted molar refractivity (Wildman–Crippen MR) is 143 cm³/mol. The Morgan fingerprint density at radius 3 is 2.34 bits per heavy atom. The van der Waals surface area contributed by atoms with E-state index in [4.69, 9.17) is 20.1 Å². The van der Waals surface area contributed by atoms with Crippen molar-refractivity contribution in [3.63, 3.8) is 0 Å². The van der Waals surface area contributed by atoms with Crippen LogP contribution in [0.4, 0.5) is 0 Å². The topological polar surface area (TPSA) is 124 Å². The van der Waals surface area contributed by atoms with Crippen LogP contribution < -0.4 is 10.6 Å². The molecule has 38 heavy (non-hydrogen) atoms. The van der Waals surface area contributed by atoms with Crippen LogP contribution in [0.25, 0.3) is 0 Å². The minimum atomic E-state index is -0.710. The molecule has 1 unspecified atom stereocenters. The SMILES string of the molecule is CCOC(=O)COC1CCN(C(=O)C(Cc2ccc(OC)cc2)N(C)C(=O)c2ccc(/C=N/N)cc2)CC1. The van der Waals surface area contributed by atoms with Gasteiger partial charge in [0.15, 0.2) is 0 Å². The number of ether oxygens (including phenoxy) is 3. The number of methoxy groups -OCH3 is 1. The number of carbonyl (C=O) groups excluding carboxylic acids is 3. The Morgan fingerprint density at radius 2 is 1.76 bits per heavy atom. The first-order valence-corrected chi connectivity index (χ1v) is 12.7. The van der Waals surface area contributed by atoms with Crippen LogP contribution in [-0.4, -0.2) is 86.4 Å². The monoisotopic (exact) mass is 524 g/mol. The van der Waals surface area contributed by atoms with Crippen molar-refractivity contribution < 1.29 is 28.6 Å². The van der Waals surface area contributed by atoms with Crippen molar-refractivity contribution in [2.45, 2.75) is 38.3 Å². The van der Waals surface area contributed by atoms with Crippen LogP contribution in [0.5, 0.6) is 5.75 Å². The van der Waals surface area contributed by atoms with Gasteiger partial charge in [-0.2, -0.15) is 5.10 Å². The lowest BCUT2D eigenvalue weighted by Crippen LogP contribution is -2.53. The summed E-state index contributed by atoms with van der Waals surface area (Å²) < 4.78 is 15.8. The Balaban J connectivity index is 1.73. The third-order valence-electron chi connectivity index (χ3n) is 6.54. The lowest BCUT2D eigenvalue weighted by Gasteiger charge is -2.36. The highest BCUT2D eigenvalue weighted by molar-refractivity contribution is 5.98. The van der Waals surface area contributed by atoms with E-state index < -0.39 is 12.0 Å². The zero-order chi connectivity index (χ0) is 27.5. The van der Waals surface area contributed by atoms with E-state index in [-0.39, 0.29) is 24.5 Å². The number of nitrogens with two attached hydrogens (primary N) is 1. The second kappa shape index (κ2) is 14.1. The third-order valence-corrected chi connectivity index (χ3v) is 6.54. The molecule has 0 spiro atoms. The molecule has 1 atom stereocenters. The number of hydrogen-bond donors (Lipinski definition) is 1. The number of amides is 2. The number of likely N-dealkylation sites (tertiary alicyclic amines) is 1. The molecular weight excluding hydrogens is 488 g/mol. The van der Waals surface area contributed by atoms with Gasteiger partial charge >= 0.3 is 5.97 Å². The van der Waals surface area contributed by atoms with Gasteiger partial charge < -0.3 is 29.9 Å². The van der Waals surface area contributed by atoms with Crippen LogP contribution >= 0.6 is 0 Å². The van der Waals surface area contributed by atoms with Crippen LogP contribution in [0.3, 0.4) is 0 Å². The predicted octanol–water partition coefficient (Wildman–Crippen LogP) is 2.24. The van der Waals surface area contributed by atoms with Gasteiger partial charge in [0.25, 0.3) is 5.91 Å². The first-order chi connectivity index (χ1) is 18.4. The summed E-state index contributed by atoms with van der Waals surface area (Å²) in [5.41, 5.74) is 2.14. The maximum Gasteiger partial charge on any atom is 0.332 e. The number of esters is 1. The Kier molecular flexibility index (Phi) is 10.7. The van der Waals surface area contributed by atoms with Crippen molar-refractivity contribution in [2.24, 2.45) is 10.9 Å². The van der Waals surface area contributed by atoms with Gasteiger partial charge in [-0.3, -0.25) is 9.59 Å². The summed E-state index contributed by atoms with van der Waals surface area (Å²) >= 11 is 0. The van der Waals surface area contributed by atoms with Gasteiger partial charge in [0.1, 0.15) is 18.4 Å². The molecule has 0 bridgehead atoms. The van der Waals surface area contributed by atoms with E-state index in [9.17, 15) is 14.4 Å². The van der Waals surface area contributed by atoms with E-state index in [2.05, 4.69) is 5.10 Å². The molecule has 1 saturated heterocycles. The van der Waals surface area contributed by atoms with E-state index >= 15 is 0 Å². The van der Waals surface area contributed by atoms with Crippen LogP contribution in [0.15, 0.2) is 53.6 Å². The molecule has 204 valence electrons. The van der Waals surface area contributed by atoms with Crippen LogP contribution in [0.1, 0.15) is 41.3 Å². The fraction of sp³-hybridized carbons (Fsp3) is 0.429. The van der Waals surface area contributed by atoms with E-state index in [0.717, 1.165) is 11.1 Å². The molecular formula is C28H36N4O6. The van der Waals surface area contributed by atoms with Crippen LogP contribution in [0.2, 0.25) is 0 Å². The number of nitrogens with zero attached hydrogens (tertiary/aromatic N) is 3. The largest absolute Gasteiger partial charge is 0.497 e. The van der Waals surface area contributed by atoms with Crippen molar-refractivity contribution in [2.75, 3.05) is 40.5 Å². The molecule has 1 aliphatic heterocycles. The number of likely N-dealkylation sites (N-methyl/N-ethyl adjacent to an activating group) is 1. The number of piperidine rings is 1. The molecule has 0 aromatic heterocycles. The molecule has 10 heteroatoms. The Labute approximate surface area is 223 Å². The minimum Gasteiger partial charge on any atom is -0.497 e. The molecule has 0 saturated carbocycles. The molecule has 2 amide bonds. The van der Waals surface area contributed by atoms with Crippen LogP contribution in [-0.2, 0) is 25.5 Å². The summed E-state index contributed by atoms with van der Waals surface area (Å²) in [7, 11) is 3.25. The molecule has 0 radical (unpaired) electrons. The zero-order valence-electron chi connectivity index (χ0n) is 22.2. The number of hydrogen-bond acceptors (Lipinski definition) is 8. The van der Waals surface area contributed by atoms with Gasteiger partial charge in [0.2, 0.25) is 5.91 Å². The van der Waals surface area contributed by atoms with Gasteiger partial charge in [-0.25, -0.2) is 4.79 Å². The second-order valence-electron chi connectivity index (χ2n) is 9.02. The lowest BCUT2D eigenvalue weighted by atomic mass is 10.00. The molecule has 1 aliphatic rings. The number of rotatable bonds is 11. The highest BCUT2D eigenvalue weighted by Crippen LogP contribution is 2.20. The maximum absolute atomic E-state index is 13.8. The van der Waals surface area contributed by atoms with Crippen molar-refractivity contribution >= 4 is 24.0 Å². The summed E-state index contributed by atoms with van der Waals surface area (Å²) in [6, 6.07) is 13.6. The van der Waals surface area contributed by atoms with Gasteiger partial charge in [-0.15, -0.1) is 0 Å². The fourth-order valence-corrected chi connectivity index (χ4v) is 4.36. The standard InChI is InChI=1S/C28H36N4O6/c1-4-37-26(33)19-38-24-13-15-32(16-14-24)28(35)25(17-20-7-11-23(36-3)12-8-20)31(2)27(34)22-9-5-21(6-10-22)18-30-29/h5-12,18,24-25H,4,13-17,19,29H2,1-3H3/b30-18+. The summed E-state index contributed by atoms with van der Waals surface area (Å²) in [5.74, 6) is 5.13. The Morgan fingerprint density at radius 1 is 1.11 bits per heavy atom. The quantitative estimate of drug-likeness (QED) is 0.207. The molecule has 1 heterocycles. The molecule has 1 fully saturated rings. The summed E-state index contributed by atoms with van der Waals surface area (Å²) in [6.07, 6.45) is 2.92. The summed E-state index contributed by atoms with van der Waals surface area (Å²) in [5, 5.41) is 3.50. The summed E-state index contributed by atoms with van der Waals surface area (Å²) in [6.45, 7) is 2.90. The van der Waals surface area contributed by atoms with Gasteiger partial charge in [0, 0.05) is 32.1 Å². The van der Waals surface area contributed by atoms with E-state index in [1.807, 2.05) is 24.3 Å². The molecule has 10 nitrogen and oxygen atoms in total.